The average Bonchev–Trinajstić information content (AvgIpc) is 3.00. The molecular weight excluding hydrogens is 270 g/mol. The molecule has 0 saturated carbocycles. The van der Waals surface area contributed by atoms with E-state index in [0.29, 0.717) is 0 Å². The minimum atomic E-state index is 0.740. The van der Waals surface area contributed by atoms with Crippen LogP contribution in [0, 0.1) is 0 Å². The van der Waals surface area contributed by atoms with E-state index in [0.717, 1.165) is 22.9 Å². The summed E-state index contributed by atoms with van der Waals surface area (Å²) in [6.45, 7) is 0.764. The second kappa shape index (κ2) is 5.80. The van der Waals surface area contributed by atoms with E-state index in [-0.39, 0.29) is 0 Å². The monoisotopic (exact) mass is 283 g/mol. The first kappa shape index (κ1) is 12.8. The first-order valence-corrected chi connectivity index (χ1v) is 6.77. The fourth-order valence-electron chi connectivity index (χ4n) is 1.99. The molecule has 100 valence electrons. The van der Waals surface area contributed by atoms with Crippen molar-refractivity contribution < 1.29 is 0 Å². The van der Waals surface area contributed by atoms with Gasteiger partial charge in [0.1, 0.15) is 0 Å². The normalized spacial score (nSPS) is 10.4. The lowest BCUT2D eigenvalue weighted by molar-refractivity contribution is 0.879. The first-order chi connectivity index (χ1) is 9.81. The third kappa shape index (κ3) is 3.00. The van der Waals surface area contributed by atoms with Gasteiger partial charge in [0.25, 0.3) is 0 Å². The van der Waals surface area contributed by atoms with Gasteiger partial charge in [-0.15, -0.1) is 0 Å². The summed E-state index contributed by atoms with van der Waals surface area (Å²) >= 11 is 5.95. The van der Waals surface area contributed by atoms with Gasteiger partial charge >= 0.3 is 0 Å². The highest BCUT2D eigenvalue weighted by molar-refractivity contribution is 6.30. The molecule has 0 unspecified atom stereocenters. The molecule has 0 spiro atoms. The molecule has 2 aromatic carbocycles. The van der Waals surface area contributed by atoms with Gasteiger partial charge in [-0.2, -0.15) is 5.10 Å². The Hall–Kier alpha value is -2.26. The number of hydrogen-bond donors (Lipinski definition) is 1. The second-order valence-corrected chi connectivity index (χ2v) is 4.92. The van der Waals surface area contributed by atoms with Crippen molar-refractivity contribution in [1.29, 1.82) is 0 Å². The minimum absolute atomic E-state index is 0.740. The molecule has 3 aromatic rings. The summed E-state index contributed by atoms with van der Waals surface area (Å²) < 4.78 is 1.84. The van der Waals surface area contributed by atoms with Crippen LogP contribution in [0.1, 0.15) is 5.56 Å². The summed E-state index contributed by atoms with van der Waals surface area (Å²) in [6, 6.07) is 17.9. The van der Waals surface area contributed by atoms with Crippen molar-refractivity contribution in [2.45, 2.75) is 6.54 Å². The van der Waals surface area contributed by atoms with Crippen molar-refractivity contribution in [3.05, 3.63) is 77.6 Å². The Kier molecular flexibility index (Phi) is 3.70. The predicted molar refractivity (Wildman–Crippen MR) is 82.3 cm³/mol. The lowest BCUT2D eigenvalue weighted by atomic mass is 10.2. The molecule has 0 saturated heterocycles. The Morgan fingerprint density at radius 1 is 1.05 bits per heavy atom. The Bertz CT molecular complexity index is 675. The highest BCUT2D eigenvalue weighted by Crippen LogP contribution is 2.16. The molecular formula is C16H14ClN3. The zero-order chi connectivity index (χ0) is 13.8. The number of nitrogens with zero attached hydrogens (tertiary/aromatic N) is 2. The molecule has 0 bridgehead atoms. The van der Waals surface area contributed by atoms with Crippen molar-refractivity contribution in [2.24, 2.45) is 0 Å². The smallest absolute Gasteiger partial charge is 0.0645 e. The number of nitrogens with one attached hydrogen (secondary N) is 1. The second-order valence-electron chi connectivity index (χ2n) is 4.48. The molecule has 0 aliphatic heterocycles. The van der Waals surface area contributed by atoms with E-state index in [2.05, 4.69) is 34.7 Å². The number of benzene rings is 2. The Morgan fingerprint density at radius 3 is 2.60 bits per heavy atom. The van der Waals surface area contributed by atoms with Crippen LogP contribution in [-0.2, 0) is 6.54 Å². The van der Waals surface area contributed by atoms with Crippen LogP contribution >= 0.6 is 11.6 Å². The van der Waals surface area contributed by atoms with E-state index in [9.17, 15) is 0 Å². The van der Waals surface area contributed by atoms with Crippen LogP contribution in [0.15, 0.2) is 67.0 Å². The standard InChI is InChI=1S/C16H14ClN3/c17-14-3-1-4-15(11-14)18-12-13-5-7-16(8-6-13)20-10-2-9-19-20/h1-11,18H,12H2. The van der Waals surface area contributed by atoms with E-state index in [1.165, 1.54) is 5.56 Å². The van der Waals surface area contributed by atoms with Gasteiger partial charge in [-0.3, -0.25) is 0 Å². The summed E-state index contributed by atoms with van der Waals surface area (Å²) in [7, 11) is 0. The van der Waals surface area contributed by atoms with Crippen molar-refractivity contribution in [1.82, 2.24) is 9.78 Å². The van der Waals surface area contributed by atoms with E-state index < -0.39 is 0 Å². The summed E-state index contributed by atoms with van der Waals surface area (Å²) in [5.41, 5.74) is 3.29. The van der Waals surface area contributed by atoms with Crippen molar-refractivity contribution in [3.63, 3.8) is 0 Å². The number of anilines is 1. The highest BCUT2D eigenvalue weighted by Gasteiger charge is 1.98. The summed E-state index contributed by atoms with van der Waals surface area (Å²) in [6.07, 6.45) is 3.70. The van der Waals surface area contributed by atoms with Crippen LogP contribution in [-0.4, -0.2) is 9.78 Å². The Balaban J connectivity index is 1.67. The van der Waals surface area contributed by atoms with Gasteiger partial charge in [0.05, 0.1) is 5.69 Å². The third-order valence-corrected chi connectivity index (χ3v) is 3.26. The average molecular weight is 284 g/mol. The predicted octanol–water partition coefficient (Wildman–Crippen LogP) is 4.14. The molecule has 1 heterocycles. The summed E-state index contributed by atoms with van der Waals surface area (Å²) in [5, 5.41) is 8.29. The first-order valence-electron chi connectivity index (χ1n) is 6.40. The molecule has 1 N–H and O–H groups in total. The van der Waals surface area contributed by atoms with Gasteiger partial charge in [-0.05, 0) is 42.0 Å². The largest absolute Gasteiger partial charge is 0.381 e. The third-order valence-electron chi connectivity index (χ3n) is 3.03. The maximum atomic E-state index is 5.95. The zero-order valence-electron chi connectivity index (χ0n) is 10.8. The zero-order valence-corrected chi connectivity index (χ0v) is 11.6. The summed E-state index contributed by atoms with van der Waals surface area (Å²) in [5.74, 6) is 0. The van der Waals surface area contributed by atoms with Crippen LogP contribution in [0.2, 0.25) is 5.02 Å². The van der Waals surface area contributed by atoms with Crippen molar-refractivity contribution in [3.8, 4) is 5.69 Å². The van der Waals surface area contributed by atoms with Crippen LogP contribution < -0.4 is 5.32 Å². The van der Waals surface area contributed by atoms with Crippen LogP contribution in [0.3, 0.4) is 0 Å². The summed E-state index contributed by atoms with van der Waals surface area (Å²) in [4.78, 5) is 0. The molecule has 0 aliphatic rings. The molecule has 1 aromatic heterocycles. The number of rotatable bonds is 4. The molecule has 0 fully saturated rings. The van der Waals surface area contributed by atoms with Crippen LogP contribution in [0.25, 0.3) is 5.69 Å². The van der Waals surface area contributed by atoms with Crippen LogP contribution in [0.4, 0.5) is 5.69 Å². The van der Waals surface area contributed by atoms with Gasteiger partial charge in [0.15, 0.2) is 0 Å². The van der Waals surface area contributed by atoms with Gasteiger partial charge in [-0.25, -0.2) is 4.68 Å². The molecule has 0 aliphatic carbocycles. The fourth-order valence-corrected chi connectivity index (χ4v) is 2.18. The SMILES string of the molecule is Clc1cccc(NCc2ccc(-n3cccn3)cc2)c1. The maximum absolute atomic E-state index is 5.95. The van der Waals surface area contributed by atoms with E-state index in [1.807, 2.05) is 41.2 Å². The fraction of sp³-hybridized carbons (Fsp3) is 0.0625. The quantitative estimate of drug-likeness (QED) is 0.780. The molecule has 3 nitrogen and oxygen atoms in total. The van der Waals surface area contributed by atoms with E-state index in [1.54, 1.807) is 6.20 Å². The topological polar surface area (TPSA) is 29.9 Å². The molecule has 20 heavy (non-hydrogen) atoms. The van der Waals surface area contributed by atoms with Gasteiger partial charge in [0.2, 0.25) is 0 Å². The Labute approximate surface area is 122 Å². The lowest BCUT2D eigenvalue weighted by Crippen LogP contribution is -2.00. The molecule has 0 radical (unpaired) electrons. The van der Waals surface area contributed by atoms with E-state index in [4.69, 9.17) is 11.6 Å². The molecule has 0 atom stereocenters. The Morgan fingerprint density at radius 2 is 1.90 bits per heavy atom. The van der Waals surface area contributed by atoms with Gasteiger partial charge in [-0.1, -0.05) is 29.8 Å². The number of aromatic nitrogens is 2. The maximum Gasteiger partial charge on any atom is 0.0645 e. The lowest BCUT2D eigenvalue weighted by Gasteiger charge is -2.08. The molecule has 0 amide bonds. The molecule has 4 heteroatoms. The highest BCUT2D eigenvalue weighted by atomic mass is 35.5. The number of halogens is 1. The van der Waals surface area contributed by atoms with Crippen molar-refractivity contribution >= 4 is 17.3 Å². The van der Waals surface area contributed by atoms with Gasteiger partial charge in [0, 0.05) is 29.6 Å². The van der Waals surface area contributed by atoms with Crippen molar-refractivity contribution in [2.75, 3.05) is 5.32 Å². The van der Waals surface area contributed by atoms with Crippen LogP contribution in [0.5, 0.6) is 0 Å². The number of hydrogen-bond acceptors (Lipinski definition) is 2. The minimum Gasteiger partial charge on any atom is -0.381 e. The van der Waals surface area contributed by atoms with Gasteiger partial charge < -0.3 is 5.32 Å². The van der Waals surface area contributed by atoms with E-state index >= 15 is 0 Å². The molecule has 3 rings (SSSR count).